The monoisotopic (exact) mass is 347 g/mol. The largest absolute Gasteiger partial charge is 0.484 e. The topological polar surface area (TPSA) is 76.1 Å². The first-order valence-electron chi connectivity index (χ1n) is 8.97. The third-order valence-corrected chi connectivity index (χ3v) is 4.95. The third-order valence-electron chi connectivity index (χ3n) is 4.95. The Hall–Kier alpha value is -2.08. The third kappa shape index (κ3) is 4.72. The van der Waals surface area contributed by atoms with Gasteiger partial charge in [-0.15, -0.1) is 0 Å². The molecular weight excluding hydrogens is 322 g/mol. The second kappa shape index (κ2) is 8.34. The molecule has 25 heavy (non-hydrogen) atoms. The highest BCUT2D eigenvalue weighted by atomic mass is 16.5. The Morgan fingerprint density at radius 2 is 1.96 bits per heavy atom. The van der Waals surface area contributed by atoms with Gasteiger partial charge in [-0.3, -0.25) is 9.59 Å². The molecule has 1 aromatic carbocycles. The highest BCUT2D eigenvalue weighted by Crippen LogP contribution is 2.26. The lowest BCUT2D eigenvalue weighted by Crippen LogP contribution is -2.46. The molecule has 1 N–H and O–H groups in total. The molecule has 2 aliphatic rings. The first-order valence-corrected chi connectivity index (χ1v) is 8.97. The summed E-state index contributed by atoms with van der Waals surface area (Å²) in [4.78, 5) is 25.2. The fourth-order valence-corrected chi connectivity index (χ4v) is 3.59. The van der Waals surface area contributed by atoms with Crippen LogP contribution in [0.5, 0.6) is 5.75 Å². The highest BCUT2D eigenvalue weighted by molar-refractivity contribution is 5.79. The quantitative estimate of drug-likeness (QED) is 0.817. The number of aliphatic carboxylic acids is 1. The summed E-state index contributed by atoms with van der Waals surface area (Å²) in [5.74, 6) is -0.350. The van der Waals surface area contributed by atoms with Crippen LogP contribution < -0.4 is 4.74 Å². The molecule has 0 atom stereocenters. The molecule has 1 aliphatic heterocycles. The van der Waals surface area contributed by atoms with Crippen LogP contribution >= 0.6 is 0 Å². The number of rotatable bonds is 7. The first kappa shape index (κ1) is 17.7. The van der Waals surface area contributed by atoms with E-state index >= 15 is 0 Å². The van der Waals surface area contributed by atoms with E-state index in [4.69, 9.17) is 14.6 Å². The van der Waals surface area contributed by atoms with Crippen molar-refractivity contribution in [1.82, 2.24) is 4.90 Å². The smallest absolute Gasteiger partial charge is 0.305 e. The normalized spacial score (nSPS) is 17.1. The van der Waals surface area contributed by atoms with Gasteiger partial charge in [0.2, 0.25) is 0 Å². The van der Waals surface area contributed by atoms with E-state index in [2.05, 4.69) is 6.07 Å². The number of aryl methyl sites for hydroxylation is 2. The molecule has 1 fully saturated rings. The molecule has 0 spiro atoms. The van der Waals surface area contributed by atoms with E-state index in [-0.39, 0.29) is 31.5 Å². The molecule has 3 rings (SSSR count). The molecule has 1 heterocycles. The molecule has 0 saturated carbocycles. The van der Waals surface area contributed by atoms with E-state index in [1.807, 2.05) is 12.1 Å². The average Bonchev–Trinajstić information content (AvgIpc) is 3.08. The fraction of sp³-hybridized carbons (Fsp3) is 0.579. The van der Waals surface area contributed by atoms with Gasteiger partial charge in [0.25, 0.3) is 5.91 Å². The summed E-state index contributed by atoms with van der Waals surface area (Å²) < 4.78 is 11.0. The van der Waals surface area contributed by atoms with Gasteiger partial charge in [-0.2, -0.15) is 0 Å². The second-order valence-electron chi connectivity index (χ2n) is 6.65. The van der Waals surface area contributed by atoms with Gasteiger partial charge >= 0.3 is 5.97 Å². The number of benzene rings is 1. The van der Waals surface area contributed by atoms with Crippen molar-refractivity contribution in [1.29, 1.82) is 0 Å². The van der Waals surface area contributed by atoms with Crippen LogP contribution in [0.2, 0.25) is 0 Å². The number of amides is 1. The molecule has 6 nitrogen and oxygen atoms in total. The molecule has 0 bridgehead atoms. The summed E-state index contributed by atoms with van der Waals surface area (Å²) in [5, 5.41) is 8.95. The maximum absolute atomic E-state index is 12.6. The van der Waals surface area contributed by atoms with Crippen LogP contribution in [0.1, 0.15) is 36.8 Å². The number of fused-ring (bicyclic) bond motifs is 1. The number of ether oxygens (including phenoxy) is 2. The molecule has 0 radical (unpaired) electrons. The standard InChI is InChI=1S/C19H25NO5/c21-18(13-25-17-5-4-14-2-1-3-15(14)12-17)20(9-6-19(22)23)16-7-10-24-11-8-16/h4-5,12,16H,1-3,6-11,13H2,(H,22,23). The van der Waals surface area contributed by atoms with Gasteiger partial charge < -0.3 is 19.5 Å². The summed E-state index contributed by atoms with van der Waals surface area (Å²) in [6, 6.07) is 6.03. The van der Waals surface area contributed by atoms with Gasteiger partial charge in [0.1, 0.15) is 5.75 Å². The van der Waals surface area contributed by atoms with Crippen molar-refractivity contribution in [3.63, 3.8) is 0 Å². The lowest BCUT2D eigenvalue weighted by atomic mass is 10.1. The zero-order valence-electron chi connectivity index (χ0n) is 14.4. The Morgan fingerprint density at radius 1 is 1.20 bits per heavy atom. The molecule has 136 valence electrons. The Morgan fingerprint density at radius 3 is 2.72 bits per heavy atom. The molecule has 6 heteroatoms. The predicted molar refractivity (Wildman–Crippen MR) is 91.8 cm³/mol. The number of hydrogen-bond acceptors (Lipinski definition) is 4. The molecule has 0 aromatic heterocycles. The van der Waals surface area contributed by atoms with E-state index in [1.54, 1.807) is 4.90 Å². The molecule has 0 unspecified atom stereocenters. The Bertz CT molecular complexity index is 624. The Labute approximate surface area is 147 Å². The number of nitrogens with zero attached hydrogens (tertiary/aromatic N) is 1. The van der Waals surface area contributed by atoms with Crippen LogP contribution in [0, 0.1) is 0 Å². The summed E-state index contributed by atoms with van der Waals surface area (Å²) >= 11 is 0. The van der Waals surface area contributed by atoms with Crippen molar-refractivity contribution in [2.45, 2.75) is 44.6 Å². The molecule has 1 amide bonds. The van der Waals surface area contributed by atoms with Gasteiger partial charge in [0, 0.05) is 25.8 Å². The Balaban J connectivity index is 1.59. The van der Waals surface area contributed by atoms with Crippen LogP contribution in [0.3, 0.4) is 0 Å². The maximum Gasteiger partial charge on any atom is 0.305 e. The summed E-state index contributed by atoms with van der Waals surface area (Å²) in [5.41, 5.74) is 2.67. The maximum atomic E-state index is 12.6. The molecule has 1 saturated heterocycles. The van der Waals surface area contributed by atoms with Gasteiger partial charge in [0.05, 0.1) is 6.42 Å². The molecular formula is C19H25NO5. The predicted octanol–water partition coefficient (Wildman–Crippen LogP) is 2.04. The zero-order chi connectivity index (χ0) is 17.6. The SMILES string of the molecule is O=C(O)CCN(C(=O)COc1ccc2c(c1)CCC2)C1CCOCC1. The van der Waals surface area contributed by atoms with Crippen molar-refractivity contribution in [2.75, 3.05) is 26.4 Å². The van der Waals surface area contributed by atoms with Crippen molar-refractivity contribution < 1.29 is 24.2 Å². The number of carbonyl (C=O) groups excluding carboxylic acids is 1. The summed E-state index contributed by atoms with van der Waals surface area (Å²) in [6.45, 7) is 1.36. The Kier molecular flexibility index (Phi) is 5.91. The van der Waals surface area contributed by atoms with Crippen molar-refractivity contribution in [3.05, 3.63) is 29.3 Å². The first-order chi connectivity index (χ1) is 12.1. The van der Waals surface area contributed by atoms with Gasteiger partial charge in [-0.1, -0.05) is 6.07 Å². The second-order valence-corrected chi connectivity index (χ2v) is 6.65. The van der Waals surface area contributed by atoms with Crippen LogP contribution in [-0.4, -0.2) is 54.3 Å². The minimum Gasteiger partial charge on any atom is -0.484 e. The van der Waals surface area contributed by atoms with Crippen LogP contribution in [0.25, 0.3) is 0 Å². The van der Waals surface area contributed by atoms with Crippen LogP contribution in [0.15, 0.2) is 18.2 Å². The number of carboxylic acid groups (broad SMARTS) is 1. The van der Waals surface area contributed by atoms with Crippen molar-refractivity contribution >= 4 is 11.9 Å². The minimum atomic E-state index is -0.899. The zero-order valence-corrected chi connectivity index (χ0v) is 14.4. The molecule has 1 aromatic rings. The van der Waals surface area contributed by atoms with E-state index in [0.717, 1.165) is 25.7 Å². The highest BCUT2D eigenvalue weighted by Gasteiger charge is 2.26. The van der Waals surface area contributed by atoms with Crippen LogP contribution in [0.4, 0.5) is 0 Å². The van der Waals surface area contributed by atoms with E-state index in [1.165, 1.54) is 17.5 Å². The fourth-order valence-electron chi connectivity index (χ4n) is 3.59. The minimum absolute atomic E-state index is 0.0317. The lowest BCUT2D eigenvalue weighted by Gasteiger charge is -2.34. The number of carbonyl (C=O) groups is 2. The summed E-state index contributed by atoms with van der Waals surface area (Å²) in [7, 11) is 0. The summed E-state index contributed by atoms with van der Waals surface area (Å²) in [6.07, 6.45) is 4.77. The van der Waals surface area contributed by atoms with Crippen LogP contribution in [-0.2, 0) is 27.2 Å². The lowest BCUT2D eigenvalue weighted by molar-refractivity contribution is -0.141. The van der Waals surface area contributed by atoms with E-state index < -0.39 is 5.97 Å². The van der Waals surface area contributed by atoms with Gasteiger partial charge in [0.15, 0.2) is 6.61 Å². The van der Waals surface area contributed by atoms with Gasteiger partial charge in [-0.25, -0.2) is 0 Å². The van der Waals surface area contributed by atoms with E-state index in [9.17, 15) is 9.59 Å². The molecule has 1 aliphatic carbocycles. The van der Waals surface area contributed by atoms with E-state index in [0.29, 0.717) is 19.0 Å². The van der Waals surface area contributed by atoms with Crippen molar-refractivity contribution in [3.8, 4) is 5.75 Å². The number of hydrogen-bond donors (Lipinski definition) is 1. The number of carboxylic acids is 1. The average molecular weight is 347 g/mol. The van der Waals surface area contributed by atoms with Gasteiger partial charge in [-0.05, 0) is 55.4 Å². The van der Waals surface area contributed by atoms with Crippen molar-refractivity contribution in [2.24, 2.45) is 0 Å².